The molecule has 0 aliphatic carbocycles. The number of rotatable bonds is 5. The number of piperidine rings is 1. The summed E-state index contributed by atoms with van der Waals surface area (Å²) in [5, 5.41) is 0. The standard InChI is InChI=1S/C19H28F3N3O2/c1-14-12-24(13-15(2)26-14)8-5-16-6-9-25(10-7-16)18-4-3-17(11-23-18)27-19(20,21)22/h3-4,11,14-16H,5-10,12-13H2,1-2H3. The van der Waals surface area contributed by atoms with E-state index >= 15 is 0 Å². The molecule has 5 nitrogen and oxygen atoms in total. The van der Waals surface area contributed by atoms with Crippen molar-refractivity contribution in [2.45, 2.75) is 51.7 Å². The second kappa shape index (κ2) is 8.65. The van der Waals surface area contributed by atoms with Crippen LogP contribution in [0.4, 0.5) is 19.0 Å². The van der Waals surface area contributed by atoms with Crippen molar-refractivity contribution in [2.75, 3.05) is 37.6 Å². The van der Waals surface area contributed by atoms with Crippen molar-refractivity contribution in [1.82, 2.24) is 9.88 Å². The molecule has 0 spiro atoms. The molecule has 2 saturated heterocycles. The number of pyridine rings is 1. The van der Waals surface area contributed by atoms with Gasteiger partial charge in [0.25, 0.3) is 0 Å². The first-order valence-electron chi connectivity index (χ1n) is 9.63. The fraction of sp³-hybridized carbons (Fsp3) is 0.737. The molecule has 8 heteroatoms. The SMILES string of the molecule is CC1CN(CCC2CCN(c3ccc(OC(F)(F)F)cn3)CC2)CC(C)O1. The molecule has 27 heavy (non-hydrogen) atoms. The molecule has 0 aromatic carbocycles. The van der Waals surface area contributed by atoms with Gasteiger partial charge in [-0.25, -0.2) is 4.98 Å². The van der Waals surface area contributed by atoms with Crippen LogP contribution in [-0.4, -0.2) is 61.2 Å². The van der Waals surface area contributed by atoms with Crippen molar-refractivity contribution in [3.8, 4) is 5.75 Å². The van der Waals surface area contributed by atoms with Crippen LogP contribution in [0.25, 0.3) is 0 Å². The fourth-order valence-electron chi connectivity index (χ4n) is 4.04. The Morgan fingerprint density at radius 3 is 2.37 bits per heavy atom. The number of hydrogen-bond acceptors (Lipinski definition) is 5. The molecule has 2 aliphatic rings. The summed E-state index contributed by atoms with van der Waals surface area (Å²) in [6.07, 6.45) is 0.388. The summed E-state index contributed by atoms with van der Waals surface area (Å²) in [5.41, 5.74) is 0. The van der Waals surface area contributed by atoms with Crippen molar-refractivity contribution < 1.29 is 22.6 Å². The van der Waals surface area contributed by atoms with E-state index in [1.54, 1.807) is 6.07 Å². The first-order valence-corrected chi connectivity index (χ1v) is 9.63. The van der Waals surface area contributed by atoms with Crippen LogP contribution in [0.15, 0.2) is 18.3 Å². The van der Waals surface area contributed by atoms with Crippen molar-refractivity contribution in [2.24, 2.45) is 5.92 Å². The molecule has 2 atom stereocenters. The third-order valence-corrected chi connectivity index (χ3v) is 5.24. The van der Waals surface area contributed by atoms with E-state index in [4.69, 9.17) is 4.74 Å². The highest BCUT2D eigenvalue weighted by atomic mass is 19.4. The summed E-state index contributed by atoms with van der Waals surface area (Å²) in [7, 11) is 0. The number of ether oxygens (including phenoxy) is 2. The van der Waals surface area contributed by atoms with Crippen LogP contribution in [0.1, 0.15) is 33.1 Å². The predicted molar refractivity (Wildman–Crippen MR) is 96.9 cm³/mol. The van der Waals surface area contributed by atoms with Gasteiger partial charge in [0.1, 0.15) is 11.6 Å². The summed E-state index contributed by atoms with van der Waals surface area (Å²) in [6, 6.07) is 2.92. The quantitative estimate of drug-likeness (QED) is 0.770. The Morgan fingerprint density at radius 2 is 1.81 bits per heavy atom. The molecule has 152 valence electrons. The maximum absolute atomic E-state index is 12.2. The normalized spacial score (nSPS) is 25.6. The van der Waals surface area contributed by atoms with Crippen LogP contribution in [0, 0.1) is 5.92 Å². The van der Waals surface area contributed by atoms with E-state index in [2.05, 4.69) is 33.4 Å². The maximum Gasteiger partial charge on any atom is 0.573 e. The number of hydrogen-bond donors (Lipinski definition) is 0. The first-order chi connectivity index (χ1) is 12.8. The van der Waals surface area contributed by atoms with E-state index in [0.29, 0.717) is 23.9 Å². The highest BCUT2D eigenvalue weighted by Crippen LogP contribution is 2.27. The van der Waals surface area contributed by atoms with Crippen LogP contribution < -0.4 is 9.64 Å². The third-order valence-electron chi connectivity index (χ3n) is 5.24. The van der Waals surface area contributed by atoms with Crippen LogP contribution in [0.2, 0.25) is 0 Å². The van der Waals surface area contributed by atoms with Gasteiger partial charge in [0, 0.05) is 26.2 Å². The summed E-state index contributed by atoms with van der Waals surface area (Å²) < 4.78 is 46.3. The number of alkyl halides is 3. The molecule has 0 saturated carbocycles. The zero-order chi connectivity index (χ0) is 19.4. The second-order valence-electron chi connectivity index (χ2n) is 7.64. The largest absolute Gasteiger partial charge is 0.573 e. The first kappa shape index (κ1) is 20.2. The van der Waals surface area contributed by atoms with Gasteiger partial charge < -0.3 is 14.4 Å². The Morgan fingerprint density at radius 1 is 1.15 bits per heavy atom. The molecule has 0 radical (unpaired) electrons. The minimum absolute atomic E-state index is 0.282. The highest BCUT2D eigenvalue weighted by molar-refractivity contribution is 5.41. The monoisotopic (exact) mass is 387 g/mol. The van der Waals surface area contributed by atoms with Gasteiger partial charge in [-0.3, -0.25) is 4.90 Å². The molecule has 2 unspecified atom stereocenters. The molecular formula is C19H28F3N3O2. The Labute approximate surface area is 158 Å². The van der Waals surface area contributed by atoms with Crippen LogP contribution >= 0.6 is 0 Å². The average molecular weight is 387 g/mol. The lowest BCUT2D eigenvalue weighted by molar-refractivity contribution is -0.274. The predicted octanol–water partition coefficient (Wildman–Crippen LogP) is 3.70. The minimum atomic E-state index is -4.68. The van der Waals surface area contributed by atoms with E-state index < -0.39 is 6.36 Å². The van der Waals surface area contributed by atoms with Gasteiger partial charge in [0.2, 0.25) is 0 Å². The van der Waals surface area contributed by atoms with Crippen molar-refractivity contribution in [1.29, 1.82) is 0 Å². The summed E-state index contributed by atoms with van der Waals surface area (Å²) in [6.45, 7) is 9.11. The van der Waals surface area contributed by atoms with Gasteiger partial charge in [0.15, 0.2) is 0 Å². The minimum Gasteiger partial charge on any atom is -0.404 e. The summed E-state index contributed by atoms with van der Waals surface area (Å²) in [5.74, 6) is 1.11. The van der Waals surface area contributed by atoms with Crippen molar-refractivity contribution in [3.63, 3.8) is 0 Å². The van der Waals surface area contributed by atoms with Crippen LogP contribution in [0.3, 0.4) is 0 Å². The van der Waals surface area contributed by atoms with Gasteiger partial charge in [-0.1, -0.05) is 0 Å². The molecule has 0 amide bonds. The maximum atomic E-state index is 12.2. The molecule has 2 aliphatic heterocycles. The lowest BCUT2D eigenvalue weighted by Gasteiger charge is -2.37. The number of aromatic nitrogens is 1. The molecule has 2 fully saturated rings. The Bertz CT molecular complexity index is 579. The second-order valence-corrected chi connectivity index (χ2v) is 7.64. The Kier molecular flexibility index (Phi) is 6.47. The lowest BCUT2D eigenvalue weighted by atomic mass is 9.93. The summed E-state index contributed by atoms with van der Waals surface area (Å²) in [4.78, 5) is 8.75. The average Bonchev–Trinajstić information content (AvgIpc) is 2.59. The molecule has 0 bridgehead atoms. The van der Waals surface area contributed by atoms with E-state index in [0.717, 1.165) is 51.8 Å². The number of anilines is 1. The molecule has 1 aromatic heterocycles. The lowest BCUT2D eigenvalue weighted by Crippen LogP contribution is -2.46. The smallest absolute Gasteiger partial charge is 0.404 e. The van der Waals surface area contributed by atoms with Crippen LogP contribution in [0.5, 0.6) is 5.75 Å². The van der Waals surface area contributed by atoms with Crippen molar-refractivity contribution in [3.05, 3.63) is 18.3 Å². The van der Waals surface area contributed by atoms with E-state index in [9.17, 15) is 13.2 Å². The zero-order valence-electron chi connectivity index (χ0n) is 15.9. The zero-order valence-corrected chi connectivity index (χ0v) is 15.9. The molecular weight excluding hydrogens is 359 g/mol. The van der Waals surface area contributed by atoms with Gasteiger partial charge in [-0.2, -0.15) is 0 Å². The van der Waals surface area contributed by atoms with Gasteiger partial charge in [0.05, 0.1) is 18.4 Å². The van der Waals surface area contributed by atoms with E-state index in [1.807, 2.05) is 0 Å². The van der Waals surface area contributed by atoms with E-state index in [-0.39, 0.29) is 5.75 Å². The topological polar surface area (TPSA) is 37.8 Å². The number of morpholine rings is 1. The van der Waals surface area contributed by atoms with Crippen LogP contribution in [-0.2, 0) is 4.74 Å². The molecule has 3 rings (SSSR count). The summed E-state index contributed by atoms with van der Waals surface area (Å²) >= 11 is 0. The fourth-order valence-corrected chi connectivity index (χ4v) is 4.04. The molecule has 0 N–H and O–H groups in total. The highest BCUT2D eigenvalue weighted by Gasteiger charge is 2.31. The van der Waals surface area contributed by atoms with Crippen molar-refractivity contribution >= 4 is 5.82 Å². The Hall–Kier alpha value is -1.54. The van der Waals surface area contributed by atoms with Gasteiger partial charge in [-0.15, -0.1) is 13.2 Å². The van der Waals surface area contributed by atoms with Gasteiger partial charge in [-0.05, 0) is 57.7 Å². The Balaban J connectivity index is 1.42. The van der Waals surface area contributed by atoms with Gasteiger partial charge >= 0.3 is 6.36 Å². The molecule has 1 aromatic rings. The number of nitrogens with zero attached hydrogens (tertiary/aromatic N) is 3. The number of halogens is 3. The van der Waals surface area contributed by atoms with E-state index in [1.165, 1.54) is 12.5 Å². The third kappa shape index (κ3) is 6.24. The molecule has 3 heterocycles.